The molecule has 2 atom stereocenters. The zero-order valence-corrected chi connectivity index (χ0v) is 10.5. The number of hydrogen-bond acceptors (Lipinski definition) is 3. The molecule has 0 aliphatic heterocycles. The molecule has 15 heavy (non-hydrogen) atoms. The van der Waals surface area contributed by atoms with Gasteiger partial charge in [0.15, 0.2) is 0 Å². The lowest BCUT2D eigenvalue weighted by Gasteiger charge is -2.21. The van der Waals surface area contributed by atoms with Gasteiger partial charge >= 0.3 is 0 Å². The molecule has 6 heteroatoms. The molecule has 0 aromatic carbocycles. The van der Waals surface area contributed by atoms with Crippen molar-refractivity contribution in [2.45, 2.75) is 45.4 Å². The summed E-state index contributed by atoms with van der Waals surface area (Å²) in [6.07, 6.45) is 0.499. The quantitative estimate of drug-likeness (QED) is 0.691. The van der Waals surface area contributed by atoms with E-state index in [-0.39, 0.29) is 5.92 Å². The second-order valence-electron chi connectivity index (χ2n) is 4.01. The first-order valence-corrected chi connectivity index (χ1v) is 6.57. The average Bonchev–Trinajstić information content (AvgIpc) is 2.11. The predicted molar refractivity (Wildman–Crippen MR) is 59.6 cm³/mol. The molecule has 0 fully saturated rings. The van der Waals surface area contributed by atoms with Gasteiger partial charge < -0.3 is 5.73 Å². The number of primary amides is 1. The number of amides is 1. The molecule has 0 spiro atoms. The molecular weight excluding hydrogens is 216 g/mol. The number of nitrogens with two attached hydrogens (primary N) is 1. The van der Waals surface area contributed by atoms with Crippen LogP contribution in [0.25, 0.3) is 0 Å². The minimum atomic E-state index is -3.45. The molecule has 3 N–H and O–H groups in total. The second kappa shape index (κ2) is 5.46. The van der Waals surface area contributed by atoms with E-state index in [1.54, 1.807) is 27.7 Å². The van der Waals surface area contributed by atoms with Crippen LogP contribution >= 0.6 is 0 Å². The molecule has 0 bridgehead atoms. The Kier molecular flexibility index (Phi) is 5.23. The summed E-state index contributed by atoms with van der Waals surface area (Å²) in [5.41, 5.74) is 5.12. The van der Waals surface area contributed by atoms with E-state index >= 15 is 0 Å². The molecule has 0 aliphatic carbocycles. The smallest absolute Gasteiger partial charge is 0.235 e. The monoisotopic (exact) mass is 236 g/mol. The first-order chi connectivity index (χ1) is 6.72. The molecule has 0 aromatic rings. The highest BCUT2D eigenvalue weighted by atomic mass is 32.2. The third kappa shape index (κ3) is 4.17. The van der Waals surface area contributed by atoms with E-state index < -0.39 is 27.2 Å². The minimum absolute atomic E-state index is 0.152. The Hall–Kier alpha value is -0.620. The Morgan fingerprint density at radius 2 is 1.80 bits per heavy atom. The van der Waals surface area contributed by atoms with Gasteiger partial charge in [0, 0.05) is 0 Å². The van der Waals surface area contributed by atoms with E-state index in [2.05, 4.69) is 4.72 Å². The Bertz CT molecular complexity index is 311. The van der Waals surface area contributed by atoms with Gasteiger partial charge in [-0.05, 0) is 19.3 Å². The van der Waals surface area contributed by atoms with Gasteiger partial charge in [0.25, 0.3) is 0 Å². The van der Waals surface area contributed by atoms with Crippen LogP contribution in [0.3, 0.4) is 0 Å². The zero-order chi connectivity index (χ0) is 12.2. The predicted octanol–water partition coefficient (Wildman–Crippen LogP) is 0.214. The zero-order valence-electron chi connectivity index (χ0n) is 9.65. The van der Waals surface area contributed by atoms with E-state index in [9.17, 15) is 13.2 Å². The molecule has 90 valence electrons. The molecule has 0 saturated carbocycles. The first kappa shape index (κ1) is 14.4. The summed E-state index contributed by atoms with van der Waals surface area (Å²) in [5.74, 6) is -0.793. The summed E-state index contributed by atoms with van der Waals surface area (Å²) in [6, 6.07) is -0.830. The van der Waals surface area contributed by atoms with Gasteiger partial charge in [-0.1, -0.05) is 20.8 Å². The van der Waals surface area contributed by atoms with Crippen molar-refractivity contribution < 1.29 is 13.2 Å². The van der Waals surface area contributed by atoms with Crippen LogP contribution in [-0.4, -0.2) is 25.6 Å². The number of sulfonamides is 1. The largest absolute Gasteiger partial charge is 0.368 e. The van der Waals surface area contributed by atoms with Crippen molar-refractivity contribution in [3.05, 3.63) is 0 Å². The fraction of sp³-hybridized carbons (Fsp3) is 0.889. The van der Waals surface area contributed by atoms with Crippen molar-refractivity contribution >= 4 is 15.9 Å². The summed E-state index contributed by atoms with van der Waals surface area (Å²) >= 11 is 0. The maximum atomic E-state index is 11.7. The first-order valence-electron chi connectivity index (χ1n) is 5.02. The highest BCUT2D eigenvalue weighted by Gasteiger charge is 2.28. The van der Waals surface area contributed by atoms with Gasteiger partial charge in [-0.25, -0.2) is 13.1 Å². The summed E-state index contributed by atoms with van der Waals surface area (Å²) < 4.78 is 25.7. The molecule has 0 aliphatic rings. The number of rotatable bonds is 6. The van der Waals surface area contributed by atoms with E-state index in [0.717, 1.165) is 0 Å². The van der Waals surface area contributed by atoms with Crippen LogP contribution in [0.1, 0.15) is 34.1 Å². The van der Waals surface area contributed by atoms with Crippen molar-refractivity contribution in [1.29, 1.82) is 0 Å². The van der Waals surface area contributed by atoms with E-state index in [0.29, 0.717) is 6.42 Å². The summed E-state index contributed by atoms with van der Waals surface area (Å²) in [5, 5.41) is -0.516. The fourth-order valence-corrected chi connectivity index (χ4v) is 2.45. The lowest BCUT2D eigenvalue weighted by Crippen LogP contribution is -2.49. The summed E-state index contributed by atoms with van der Waals surface area (Å²) in [6.45, 7) is 6.86. The van der Waals surface area contributed by atoms with Gasteiger partial charge in [0.05, 0.1) is 5.25 Å². The van der Waals surface area contributed by atoms with E-state index in [4.69, 9.17) is 5.73 Å². The third-order valence-electron chi connectivity index (χ3n) is 2.37. The molecule has 0 rings (SSSR count). The number of carbonyl (C=O) groups excluding carboxylic acids is 1. The highest BCUT2D eigenvalue weighted by molar-refractivity contribution is 7.90. The SMILES string of the molecule is CCC(C)S(=O)(=O)NC(C(N)=O)C(C)C. The summed E-state index contributed by atoms with van der Waals surface area (Å²) in [7, 11) is -3.45. The third-order valence-corrected chi connectivity index (χ3v) is 4.34. The van der Waals surface area contributed by atoms with Crippen molar-refractivity contribution in [2.24, 2.45) is 11.7 Å². The highest BCUT2D eigenvalue weighted by Crippen LogP contribution is 2.08. The topological polar surface area (TPSA) is 89.3 Å². The van der Waals surface area contributed by atoms with E-state index in [1.807, 2.05) is 0 Å². The number of carbonyl (C=O) groups is 1. The molecule has 0 heterocycles. The van der Waals surface area contributed by atoms with Crippen LogP contribution in [-0.2, 0) is 14.8 Å². The van der Waals surface area contributed by atoms with Crippen LogP contribution in [0.4, 0.5) is 0 Å². The fourth-order valence-electron chi connectivity index (χ4n) is 1.04. The Morgan fingerprint density at radius 1 is 1.33 bits per heavy atom. The molecule has 2 unspecified atom stereocenters. The normalized spacial score (nSPS) is 16.3. The van der Waals surface area contributed by atoms with Gasteiger partial charge in [-0.3, -0.25) is 4.79 Å². The summed E-state index contributed by atoms with van der Waals surface area (Å²) in [4.78, 5) is 11.0. The average molecular weight is 236 g/mol. The Morgan fingerprint density at radius 3 is 2.07 bits per heavy atom. The van der Waals surface area contributed by atoms with Crippen molar-refractivity contribution in [1.82, 2.24) is 4.72 Å². The number of nitrogens with one attached hydrogen (secondary N) is 1. The van der Waals surface area contributed by atoms with Gasteiger partial charge in [-0.15, -0.1) is 0 Å². The van der Waals surface area contributed by atoms with Gasteiger partial charge in [-0.2, -0.15) is 0 Å². The maximum Gasteiger partial charge on any atom is 0.235 e. The van der Waals surface area contributed by atoms with Crippen LogP contribution in [0.15, 0.2) is 0 Å². The van der Waals surface area contributed by atoms with Crippen molar-refractivity contribution in [3.63, 3.8) is 0 Å². The molecule has 0 radical (unpaired) electrons. The van der Waals surface area contributed by atoms with Gasteiger partial charge in [0.1, 0.15) is 6.04 Å². The van der Waals surface area contributed by atoms with Crippen LogP contribution in [0.5, 0.6) is 0 Å². The Balaban J connectivity index is 4.76. The number of hydrogen-bond donors (Lipinski definition) is 2. The lowest BCUT2D eigenvalue weighted by atomic mass is 10.1. The van der Waals surface area contributed by atoms with Crippen LogP contribution < -0.4 is 10.5 Å². The molecule has 5 nitrogen and oxygen atoms in total. The molecule has 0 saturated heterocycles. The molecule has 0 aromatic heterocycles. The van der Waals surface area contributed by atoms with Crippen LogP contribution in [0, 0.1) is 5.92 Å². The maximum absolute atomic E-state index is 11.7. The minimum Gasteiger partial charge on any atom is -0.368 e. The Labute approximate surface area is 91.5 Å². The van der Waals surface area contributed by atoms with E-state index in [1.165, 1.54) is 0 Å². The molecular formula is C9H20N2O3S. The van der Waals surface area contributed by atoms with Crippen LogP contribution in [0.2, 0.25) is 0 Å². The standard InChI is InChI=1S/C9H20N2O3S/c1-5-7(4)15(13,14)11-8(6(2)3)9(10)12/h6-8,11H,5H2,1-4H3,(H2,10,12). The van der Waals surface area contributed by atoms with Gasteiger partial charge in [0.2, 0.25) is 15.9 Å². The van der Waals surface area contributed by atoms with Crippen molar-refractivity contribution in [3.8, 4) is 0 Å². The molecule has 1 amide bonds. The second-order valence-corrected chi connectivity index (χ2v) is 6.14. The lowest BCUT2D eigenvalue weighted by molar-refractivity contribution is -0.120. The van der Waals surface area contributed by atoms with Crippen molar-refractivity contribution in [2.75, 3.05) is 0 Å².